The molecule has 0 aliphatic carbocycles. The first-order valence-corrected chi connectivity index (χ1v) is 7.63. The molecule has 108 valence electrons. The minimum absolute atomic E-state index is 0.261. The molecule has 1 fully saturated rings. The van der Waals surface area contributed by atoms with Crippen molar-refractivity contribution in [3.05, 3.63) is 29.0 Å². The third kappa shape index (κ3) is 2.97. The summed E-state index contributed by atoms with van der Waals surface area (Å²) in [5.74, 6) is 0.979. The maximum Gasteiger partial charge on any atom is 0.121 e. The number of likely N-dealkylation sites (tertiary alicyclic amines) is 1. The van der Waals surface area contributed by atoms with Crippen LogP contribution in [0.5, 0.6) is 0 Å². The van der Waals surface area contributed by atoms with E-state index in [2.05, 4.69) is 14.9 Å². The van der Waals surface area contributed by atoms with E-state index in [9.17, 15) is 5.11 Å². The van der Waals surface area contributed by atoms with Crippen molar-refractivity contribution >= 4 is 22.6 Å². The van der Waals surface area contributed by atoms with Crippen LogP contribution in [0, 0.1) is 0 Å². The predicted octanol–water partition coefficient (Wildman–Crippen LogP) is 2.95. The molecule has 1 saturated heterocycles. The summed E-state index contributed by atoms with van der Waals surface area (Å²) in [7, 11) is 0. The molecule has 0 saturated carbocycles. The zero-order valence-electron chi connectivity index (χ0n) is 11.5. The molecule has 0 radical (unpaired) electrons. The molecule has 3 rings (SSSR count). The van der Waals surface area contributed by atoms with E-state index in [0.717, 1.165) is 41.4 Å². The van der Waals surface area contributed by atoms with Gasteiger partial charge in [0.25, 0.3) is 0 Å². The zero-order chi connectivity index (χ0) is 13.9. The molecule has 5 heteroatoms. The van der Waals surface area contributed by atoms with Crippen molar-refractivity contribution in [2.45, 2.75) is 38.3 Å². The monoisotopic (exact) mass is 293 g/mol. The number of aliphatic hydroxyl groups is 1. The highest BCUT2D eigenvalue weighted by Crippen LogP contribution is 2.23. The average Bonchev–Trinajstić information content (AvgIpc) is 2.82. The van der Waals surface area contributed by atoms with Gasteiger partial charge in [-0.2, -0.15) is 0 Å². The normalized spacial score (nSPS) is 20.6. The van der Waals surface area contributed by atoms with E-state index in [1.165, 1.54) is 19.3 Å². The molecule has 1 aliphatic rings. The standard InChI is InChI=1S/C15H20ClN3O/c16-11-4-5-13-14(9-11)18-15(17-13)10-19-7-2-1-3-12(19)6-8-20/h4-5,9,12,20H,1-3,6-8,10H2,(H,17,18). The summed E-state index contributed by atoms with van der Waals surface area (Å²) in [6, 6.07) is 6.20. The fourth-order valence-corrected chi connectivity index (χ4v) is 3.22. The van der Waals surface area contributed by atoms with E-state index in [0.29, 0.717) is 6.04 Å². The summed E-state index contributed by atoms with van der Waals surface area (Å²) in [5, 5.41) is 9.91. The van der Waals surface area contributed by atoms with E-state index in [4.69, 9.17) is 11.6 Å². The van der Waals surface area contributed by atoms with Crippen LogP contribution in [0.25, 0.3) is 11.0 Å². The lowest BCUT2D eigenvalue weighted by atomic mass is 10.00. The van der Waals surface area contributed by atoms with Gasteiger partial charge in [-0.1, -0.05) is 18.0 Å². The van der Waals surface area contributed by atoms with Gasteiger partial charge in [0, 0.05) is 17.7 Å². The van der Waals surface area contributed by atoms with E-state index >= 15 is 0 Å². The molecular weight excluding hydrogens is 274 g/mol. The number of aromatic nitrogens is 2. The average molecular weight is 294 g/mol. The molecule has 0 spiro atoms. The Labute approximate surface area is 123 Å². The lowest BCUT2D eigenvalue weighted by molar-refractivity contribution is 0.110. The number of piperidine rings is 1. The first kappa shape index (κ1) is 13.9. The highest BCUT2D eigenvalue weighted by molar-refractivity contribution is 6.31. The number of benzene rings is 1. The highest BCUT2D eigenvalue weighted by Gasteiger charge is 2.22. The quantitative estimate of drug-likeness (QED) is 0.911. The fourth-order valence-electron chi connectivity index (χ4n) is 3.05. The van der Waals surface area contributed by atoms with Gasteiger partial charge in [0.1, 0.15) is 5.82 Å². The van der Waals surface area contributed by atoms with Crippen LogP contribution in [-0.4, -0.2) is 39.2 Å². The molecule has 1 atom stereocenters. The number of aliphatic hydroxyl groups excluding tert-OH is 1. The van der Waals surface area contributed by atoms with E-state index in [1.54, 1.807) is 0 Å². The zero-order valence-corrected chi connectivity index (χ0v) is 12.2. The summed E-state index contributed by atoms with van der Waals surface area (Å²) in [4.78, 5) is 10.4. The number of nitrogens with one attached hydrogen (secondary N) is 1. The summed E-state index contributed by atoms with van der Waals surface area (Å²) >= 11 is 6.00. The van der Waals surface area contributed by atoms with Gasteiger partial charge in [-0.05, 0) is 44.0 Å². The van der Waals surface area contributed by atoms with Crippen LogP contribution in [0.15, 0.2) is 18.2 Å². The van der Waals surface area contributed by atoms with Crippen LogP contribution in [0.3, 0.4) is 0 Å². The first-order chi connectivity index (χ1) is 9.76. The number of aromatic amines is 1. The summed E-state index contributed by atoms with van der Waals surface area (Å²) in [6.45, 7) is 2.16. The van der Waals surface area contributed by atoms with Crippen LogP contribution >= 0.6 is 11.6 Å². The highest BCUT2D eigenvalue weighted by atomic mass is 35.5. The Balaban J connectivity index is 1.77. The van der Waals surface area contributed by atoms with E-state index < -0.39 is 0 Å². The van der Waals surface area contributed by atoms with Gasteiger partial charge >= 0.3 is 0 Å². The second kappa shape index (κ2) is 6.12. The number of H-pyrrole nitrogens is 1. The molecule has 1 unspecified atom stereocenters. The van der Waals surface area contributed by atoms with Crippen molar-refractivity contribution in [2.75, 3.05) is 13.2 Å². The number of hydrogen-bond donors (Lipinski definition) is 2. The van der Waals surface area contributed by atoms with Crippen molar-refractivity contribution in [1.82, 2.24) is 14.9 Å². The van der Waals surface area contributed by atoms with Gasteiger partial charge in [-0.15, -0.1) is 0 Å². The van der Waals surface area contributed by atoms with Crippen LogP contribution in [0.1, 0.15) is 31.5 Å². The van der Waals surface area contributed by atoms with Crippen LogP contribution in [-0.2, 0) is 6.54 Å². The van der Waals surface area contributed by atoms with Crippen molar-refractivity contribution in [1.29, 1.82) is 0 Å². The minimum Gasteiger partial charge on any atom is -0.396 e. The largest absolute Gasteiger partial charge is 0.396 e. The second-order valence-electron chi connectivity index (χ2n) is 5.48. The maximum atomic E-state index is 9.18. The number of rotatable bonds is 4. The summed E-state index contributed by atoms with van der Waals surface area (Å²) in [6.07, 6.45) is 4.52. The molecule has 2 N–H and O–H groups in total. The van der Waals surface area contributed by atoms with Crippen molar-refractivity contribution in [2.24, 2.45) is 0 Å². The van der Waals surface area contributed by atoms with Crippen molar-refractivity contribution < 1.29 is 5.11 Å². The predicted molar refractivity (Wildman–Crippen MR) is 80.9 cm³/mol. The molecule has 20 heavy (non-hydrogen) atoms. The Morgan fingerprint density at radius 1 is 1.40 bits per heavy atom. The van der Waals surface area contributed by atoms with E-state index in [1.807, 2.05) is 18.2 Å². The fraction of sp³-hybridized carbons (Fsp3) is 0.533. The molecule has 4 nitrogen and oxygen atoms in total. The first-order valence-electron chi connectivity index (χ1n) is 7.25. The Bertz CT molecular complexity index is 582. The van der Waals surface area contributed by atoms with Crippen LogP contribution < -0.4 is 0 Å². The Hall–Kier alpha value is -1.10. The Kier molecular flexibility index (Phi) is 4.24. The molecule has 1 aliphatic heterocycles. The third-order valence-corrected chi connectivity index (χ3v) is 4.29. The van der Waals surface area contributed by atoms with Gasteiger partial charge in [-0.3, -0.25) is 4.90 Å². The number of fused-ring (bicyclic) bond motifs is 1. The SMILES string of the molecule is OCCC1CCCCN1Cc1nc2ccc(Cl)cc2[nH]1. The number of imidazole rings is 1. The van der Waals surface area contributed by atoms with Gasteiger partial charge in [0.15, 0.2) is 0 Å². The van der Waals surface area contributed by atoms with Gasteiger partial charge in [-0.25, -0.2) is 4.98 Å². The summed E-state index contributed by atoms with van der Waals surface area (Å²) in [5.41, 5.74) is 1.95. The molecule has 0 amide bonds. The smallest absolute Gasteiger partial charge is 0.121 e. The maximum absolute atomic E-state index is 9.18. The lowest BCUT2D eigenvalue weighted by Crippen LogP contribution is -2.39. The minimum atomic E-state index is 0.261. The number of halogens is 1. The second-order valence-corrected chi connectivity index (χ2v) is 5.91. The lowest BCUT2D eigenvalue weighted by Gasteiger charge is -2.34. The molecule has 2 heterocycles. The Morgan fingerprint density at radius 2 is 2.30 bits per heavy atom. The third-order valence-electron chi connectivity index (χ3n) is 4.06. The van der Waals surface area contributed by atoms with Gasteiger partial charge < -0.3 is 10.1 Å². The van der Waals surface area contributed by atoms with Gasteiger partial charge in [0.2, 0.25) is 0 Å². The van der Waals surface area contributed by atoms with Crippen LogP contribution in [0.2, 0.25) is 5.02 Å². The summed E-state index contributed by atoms with van der Waals surface area (Å²) < 4.78 is 0. The number of nitrogens with zero attached hydrogens (tertiary/aromatic N) is 2. The molecule has 2 aromatic rings. The topological polar surface area (TPSA) is 52.1 Å². The van der Waals surface area contributed by atoms with Crippen LogP contribution in [0.4, 0.5) is 0 Å². The molecule has 0 bridgehead atoms. The van der Waals surface area contributed by atoms with E-state index in [-0.39, 0.29) is 6.61 Å². The molecular formula is C15H20ClN3O. The van der Waals surface area contributed by atoms with Gasteiger partial charge in [0.05, 0.1) is 17.6 Å². The van der Waals surface area contributed by atoms with Crippen molar-refractivity contribution in [3.8, 4) is 0 Å². The number of hydrogen-bond acceptors (Lipinski definition) is 3. The molecule has 1 aromatic heterocycles. The molecule has 1 aromatic carbocycles. The van der Waals surface area contributed by atoms with Crippen molar-refractivity contribution in [3.63, 3.8) is 0 Å². The Morgan fingerprint density at radius 3 is 3.15 bits per heavy atom.